The minimum absolute atomic E-state index is 0.0664. The topological polar surface area (TPSA) is 130 Å². The zero-order valence-electron chi connectivity index (χ0n) is 13.6. The van der Waals surface area contributed by atoms with Gasteiger partial charge in [-0.25, -0.2) is 0 Å². The summed E-state index contributed by atoms with van der Waals surface area (Å²) in [5.74, 6) is -2.05. The average molecular weight is 350 g/mol. The molecule has 25 heavy (non-hydrogen) atoms. The molecule has 0 heterocycles. The normalized spacial score (nSPS) is 22.6. The summed E-state index contributed by atoms with van der Waals surface area (Å²) >= 11 is 0. The molecule has 0 amide bonds. The van der Waals surface area contributed by atoms with Crippen molar-refractivity contribution in [3.05, 3.63) is 50.1 Å². The van der Waals surface area contributed by atoms with Crippen LogP contribution in [0.3, 0.4) is 0 Å². The van der Waals surface area contributed by atoms with E-state index in [0.29, 0.717) is 5.56 Å². The predicted molar refractivity (Wildman–Crippen MR) is 85.1 cm³/mol. The van der Waals surface area contributed by atoms with Crippen molar-refractivity contribution in [2.45, 2.75) is 26.4 Å². The maximum atomic E-state index is 12.0. The molecular formula is C16H18N2O7. The van der Waals surface area contributed by atoms with Gasteiger partial charge in [0.2, 0.25) is 6.54 Å². The molecule has 1 aliphatic rings. The lowest BCUT2D eigenvalue weighted by Crippen LogP contribution is -2.27. The Kier molecular flexibility index (Phi) is 5.79. The first kappa shape index (κ1) is 18.5. The van der Waals surface area contributed by atoms with Crippen LogP contribution in [0.4, 0.5) is 5.69 Å². The van der Waals surface area contributed by atoms with Crippen molar-refractivity contribution in [1.29, 1.82) is 0 Å². The number of rotatable bonds is 7. The van der Waals surface area contributed by atoms with Crippen LogP contribution in [0.25, 0.3) is 0 Å². The van der Waals surface area contributed by atoms with Crippen molar-refractivity contribution in [2.24, 2.45) is 17.8 Å². The van der Waals surface area contributed by atoms with E-state index < -0.39 is 27.7 Å². The third kappa shape index (κ3) is 4.82. The van der Waals surface area contributed by atoms with E-state index in [1.165, 1.54) is 24.3 Å². The number of Topliss-reactive ketones (excluding diaryl/α,β-unsaturated/α-hetero) is 1. The van der Waals surface area contributed by atoms with E-state index in [2.05, 4.69) is 0 Å². The first-order valence-electron chi connectivity index (χ1n) is 7.81. The number of carbonyl (C=O) groups excluding carboxylic acids is 2. The molecule has 1 aromatic carbocycles. The molecule has 0 aromatic heterocycles. The number of nitro groups is 2. The van der Waals surface area contributed by atoms with Crippen LogP contribution in [0.5, 0.6) is 0 Å². The second-order valence-corrected chi connectivity index (χ2v) is 6.22. The molecular weight excluding hydrogens is 332 g/mol. The van der Waals surface area contributed by atoms with E-state index >= 15 is 0 Å². The van der Waals surface area contributed by atoms with Gasteiger partial charge in [-0.15, -0.1) is 0 Å². The number of esters is 1. The van der Waals surface area contributed by atoms with Gasteiger partial charge < -0.3 is 4.74 Å². The van der Waals surface area contributed by atoms with E-state index in [4.69, 9.17) is 4.74 Å². The van der Waals surface area contributed by atoms with Gasteiger partial charge in [0.15, 0.2) is 0 Å². The smallest absolute Gasteiger partial charge is 0.306 e. The van der Waals surface area contributed by atoms with Crippen molar-refractivity contribution in [1.82, 2.24) is 0 Å². The second kappa shape index (κ2) is 7.82. The Hall–Kier alpha value is -2.84. The van der Waals surface area contributed by atoms with Crippen LogP contribution in [0.1, 0.15) is 25.3 Å². The summed E-state index contributed by atoms with van der Waals surface area (Å²) in [7, 11) is 0. The number of hydrogen-bond acceptors (Lipinski definition) is 7. The molecule has 0 saturated heterocycles. The Morgan fingerprint density at radius 2 is 1.88 bits per heavy atom. The number of hydrogen-bond donors (Lipinski definition) is 0. The highest BCUT2D eigenvalue weighted by Gasteiger charge is 2.43. The molecule has 0 aliphatic heterocycles. The number of benzene rings is 1. The van der Waals surface area contributed by atoms with Crippen LogP contribution >= 0.6 is 0 Å². The molecule has 0 radical (unpaired) electrons. The van der Waals surface area contributed by atoms with Crippen molar-refractivity contribution in [2.75, 3.05) is 6.54 Å². The summed E-state index contributed by atoms with van der Waals surface area (Å²) in [5.41, 5.74) is 0.509. The Morgan fingerprint density at radius 3 is 2.44 bits per heavy atom. The highest BCUT2D eigenvalue weighted by atomic mass is 16.6. The monoisotopic (exact) mass is 350 g/mol. The fraction of sp³-hybridized carbons (Fsp3) is 0.500. The summed E-state index contributed by atoms with van der Waals surface area (Å²) in [6.07, 6.45) is 0.0491. The standard InChI is InChI=1S/C16H18N2O7/c1-10-6-15(19)13(14(10)8-17(21)22)7-16(20)25-9-11-2-4-12(5-3-11)18(23)24/h2-5,10,13-14H,6-9H2,1H3/t10-,13+,14-/m1/s1. The predicted octanol–water partition coefficient (Wildman–Crippen LogP) is 2.15. The molecule has 0 bridgehead atoms. The number of ether oxygens (including phenoxy) is 1. The summed E-state index contributed by atoms with van der Waals surface area (Å²) in [6, 6.07) is 5.56. The molecule has 0 unspecified atom stereocenters. The third-order valence-electron chi connectivity index (χ3n) is 4.48. The van der Waals surface area contributed by atoms with Gasteiger partial charge in [0.05, 0.1) is 11.3 Å². The zero-order valence-corrected chi connectivity index (χ0v) is 13.6. The maximum absolute atomic E-state index is 12.0. The van der Waals surface area contributed by atoms with Gasteiger partial charge in [0.25, 0.3) is 5.69 Å². The first-order chi connectivity index (χ1) is 11.8. The van der Waals surface area contributed by atoms with Crippen molar-refractivity contribution >= 4 is 17.4 Å². The van der Waals surface area contributed by atoms with Gasteiger partial charge in [-0.1, -0.05) is 6.92 Å². The van der Waals surface area contributed by atoms with Crippen LogP contribution in [0.2, 0.25) is 0 Å². The lowest BCUT2D eigenvalue weighted by Gasteiger charge is -2.17. The fourth-order valence-electron chi connectivity index (χ4n) is 3.12. The fourth-order valence-corrected chi connectivity index (χ4v) is 3.12. The number of nitrogens with zero attached hydrogens (tertiary/aromatic N) is 2. The molecule has 1 aromatic rings. The second-order valence-electron chi connectivity index (χ2n) is 6.22. The van der Waals surface area contributed by atoms with Gasteiger partial charge in [0.1, 0.15) is 12.4 Å². The summed E-state index contributed by atoms with van der Waals surface area (Å²) < 4.78 is 5.10. The highest BCUT2D eigenvalue weighted by molar-refractivity contribution is 5.87. The molecule has 1 aliphatic carbocycles. The largest absolute Gasteiger partial charge is 0.461 e. The summed E-state index contributed by atoms with van der Waals surface area (Å²) in [6.45, 7) is 1.36. The highest BCUT2D eigenvalue weighted by Crippen LogP contribution is 2.36. The van der Waals surface area contributed by atoms with E-state index in [0.717, 1.165) is 0 Å². The molecule has 9 heteroatoms. The van der Waals surface area contributed by atoms with Gasteiger partial charge in [-0.2, -0.15) is 0 Å². The zero-order chi connectivity index (χ0) is 18.6. The average Bonchev–Trinajstić information content (AvgIpc) is 2.80. The lowest BCUT2D eigenvalue weighted by atomic mass is 9.88. The quantitative estimate of drug-likeness (QED) is 0.418. The van der Waals surface area contributed by atoms with Crippen molar-refractivity contribution < 1.29 is 24.2 Å². The molecule has 9 nitrogen and oxygen atoms in total. The molecule has 3 atom stereocenters. The lowest BCUT2D eigenvalue weighted by molar-refractivity contribution is -0.490. The van der Waals surface area contributed by atoms with E-state index in [1.807, 2.05) is 0 Å². The molecule has 2 rings (SSSR count). The van der Waals surface area contributed by atoms with Gasteiger partial charge in [0, 0.05) is 35.3 Å². The Bertz CT molecular complexity index is 686. The van der Waals surface area contributed by atoms with E-state index in [1.54, 1.807) is 6.92 Å². The van der Waals surface area contributed by atoms with E-state index in [9.17, 15) is 29.8 Å². The number of ketones is 1. The Labute approximate surface area is 143 Å². The molecule has 0 N–H and O–H groups in total. The van der Waals surface area contributed by atoms with E-state index in [-0.39, 0.29) is 43.4 Å². The molecule has 0 spiro atoms. The number of non-ortho nitro benzene ring substituents is 1. The summed E-state index contributed by atoms with van der Waals surface area (Å²) in [5, 5.41) is 21.3. The van der Waals surface area contributed by atoms with Gasteiger partial charge in [-0.05, 0) is 23.6 Å². The number of carbonyl (C=O) groups is 2. The van der Waals surface area contributed by atoms with Gasteiger partial charge >= 0.3 is 5.97 Å². The minimum atomic E-state index is -0.690. The first-order valence-corrected chi connectivity index (χ1v) is 7.81. The third-order valence-corrected chi connectivity index (χ3v) is 4.48. The Morgan fingerprint density at radius 1 is 1.24 bits per heavy atom. The van der Waals surface area contributed by atoms with Crippen LogP contribution in [0.15, 0.2) is 24.3 Å². The van der Waals surface area contributed by atoms with Crippen LogP contribution < -0.4 is 0 Å². The van der Waals surface area contributed by atoms with Crippen LogP contribution in [-0.2, 0) is 20.9 Å². The Balaban J connectivity index is 1.91. The van der Waals surface area contributed by atoms with Gasteiger partial charge in [-0.3, -0.25) is 29.8 Å². The molecule has 134 valence electrons. The summed E-state index contributed by atoms with van der Waals surface area (Å²) in [4.78, 5) is 44.3. The van der Waals surface area contributed by atoms with Crippen molar-refractivity contribution in [3.8, 4) is 0 Å². The molecule has 1 saturated carbocycles. The SMILES string of the molecule is C[C@@H]1CC(=O)[C@@H](CC(=O)OCc2ccc([N+](=O)[O-])cc2)[C@@H]1C[N+](=O)[O-]. The van der Waals surface area contributed by atoms with Crippen molar-refractivity contribution in [3.63, 3.8) is 0 Å². The maximum Gasteiger partial charge on any atom is 0.306 e. The number of nitro benzene ring substituents is 1. The van der Waals surface area contributed by atoms with Crippen LogP contribution in [-0.4, -0.2) is 28.1 Å². The van der Waals surface area contributed by atoms with Crippen LogP contribution in [0, 0.1) is 38.0 Å². The molecule has 1 fully saturated rings. The minimum Gasteiger partial charge on any atom is -0.461 e.